The fraction of sp³-hybridized carbons (Fsp3) is 0.200. The number of rotatable bonds is 3. The third kappa shape index (κ3) is 2.58. The van der Waals surface area contributed by atoms with Crippen LogP contribution in [0.4, 0.5) is 5.69 Å². The highest BCUT2D eigenvalue weighted by molar-refractivity contribution is 5.95. The van der Waals surface area contributed by atoms with E-state index in [2.05, 4.69) is 0 Å². The van der Waals surface area contributed by atoms with Gasteiger partial charge in [0.15, 0.2) is 0 Å². The van der Waals surface area contributed by atoms with Crippen molar-refractivity contribution in [2.24, 2.45) is 0 Å². The summed E-state index contributed by atoms with van der Waals surface area (Å²) in [5.74, 6) is -1.59. The van der Waals surface area contributed by atoms with E-state index in [1.807, 2.05) is 0 Å². The second-order valence-electron chi connectivity index (χ2n) is 2.81. The normalized spacial score (nSPS) is 9.50. The molecule has 1 aromatic rings. The molecule has 0 heterocycles. The Labute approximate surface area is 81.8 Å². The van der Waals surface area contributed by atoms with Crippen LogP contribution < -0.4 is 10.0 Å². The van der Waals surface area contributed by atoms with E-state index in [0.29, 0.717) is 5.69 Å². The quantitative estimate of drug-likeness (QED) is 0.665. The highest BCUT2D eigenvalue weighted by Gasteiger charge is 2.10. The van der Waals surface area contributed by atoms with Crippen LogP contribution in [0.25, 0.3) is 0 Å². The average Bonchev–Trinajstić information content (AvgIpc) is 2.15. The number of anilines is 1. The summed E-state index contributed by atoms with van der Waals surface area (Å²) < 4.78 is 0. The van der Waals surface area contributed by atoms with Crippen molar-refractivity contribution in [1.29, 1.82) is 0 Å². The minimum absolute atomic E-state index is 0.319. The van der Waals surface area contributed by atoms with Gasteiger partial charge in [-0.25, -0.2) is 0 Å². The first-order chi connectivity index (χ1) is 6.61. The number of carbonyl (C=O) groups is 2. The van der Waals surface area contributed by atoms with Crippen molar-refractivity contribution in [3.63, 3.8) is 0 Å². The molecule has 0 saturated heterocycles. The standard InChI is InChI=1S/C10H11NO3/c1-8(12)11(7-10(13)14)9-5-3-2-4-6-9/h2-6H,7H2,1H3,(H,13,14)/p-1. The number of carboxylic acid groups (broad SMARTS) is 1. The second kappa shape index (κ2) is 4.41. The number of aliphatic carboxylic acids is 1. The van der Waals surface area contributed by atoms with Crippen LogP contribution in [0.5, 0.6) is 0 Å². The summed E-state index contributed by atoms with van der Waals surface area (Å²) >= 11 is 0. The smallest absolute Gasteiger partial charge is 0.224 e. The molecular weight excluding hydrogens is 182 g/mol. The Kier molecular flexibility index (Phi) is 3.23. The van der Waals surface area contributed by atoms with E-state index in [1.54, 1.807) is 30.3 Å². The van der Waals surface area contributed by atoms with Gasteiger partial charge < -0.3 is 14.8 Å². The van der Waals surface area contributed by atoms with Crippen LogP contribution in [0, 0.1) is 0 Å². The molecule has 1 aromatic carbocycles. The zero-order valence-electron chi connectivity index (χ0n) is 7.77. The second-order valence-corrected chi connectivity index (χ2v) is 2.81. The molecule has 0 spiro atoms. The lowest BCUT2D eigenvalue weighted by Crippen LogP contribution is -2.40. The highest BCUT2D eigenvalue weighted by Crippen LogP contribution is 2.12. The van der Waals surface area contributed by atoms with Gasteiger partial charge in [0.25, 0.3) is 0 Å². The van der Waals surface area contributed by atoms with E-state index in [4.69, 9.17) is 0 Å². The van der Waals surface area contributed by atoms with Crippen LogP contribution >= 0.6 is 0 Å². The zero-order valence-corrected chi connectivity index (χ0v) is 7.77. The topological polar surface area (TPSA) is 60.4 Å². The molecule has 0 saturated carbocycles. The first-order valence-electron chi connectivity index (χ1n) is 4.14. The molecule has 0 radical (unpaired) electrons. The summed E-state index contributed by atoms with van der Waals surface area (Å²) in [6.45, 7) is 0.898. The van der Waals surface area contributed by atoms with Crippen LogP contribution in [0.15, 0.2) is 30.3 Å². The Morgan fingerprint density at radius 3 is 2.29 bits per heavy atom. The minimum atomic E-state index is -1.27. The molecular formula is C10H10NO3-. The van der Waals surface area contributed by atoms with Gasteiger partial charge in [-0.3, -0.25) is 4.79 Å². The summed E-state index contributed by atoms with van der Waals surface area (Å²) in [5.41, 5.74) is 0.559. The summed E-state index contributed by atoms with van der Waals surface area (Å²) in [6, 6.07) is 8.61. The average molecular weight is 192 g/mol. The Morgan fingerprint density at radius 2 is 1.86 bits per heavy atom. The molecule has 0 atom stereocenters. The Morgan fingerprint density at radius 1 is 1.29 bits per heavy atom. The maximum atomic E-state index is 11.1. The van der Waals surface area contributed by atoms with Crippen molar-refractivity contribution in [1.82, 2.24) is 0 Å². The summed E-state index contributed by atoms with van der Waals surface area (Å²) in [5, 5.41) is 10.4. The largest absolute Gasteiger partial charge is 0.548 e. The molecule has 0 aliphatic rings. The number of hydrogen-bond acceptors (Lipinski definition) is 3. The number of nitrogens with zero attached hydrogens (tertiary/aromatic N) is 1. The van der Waals surface area contributed by atoms with Gasteiger partial charge in [-0.2, -0.15) is 0 Å². The van der Waals surface area contributed by atoms with Crippen molar-refractivity contribution in [3.05, 3.63) is 30.3 Å². The van der Waals surface area contributed by atoms with Gasteiger partial charge >= 0.3 is 0 Å². The highest BCUT2D eigenvalue weighted by atomic mass is 16.4. The van der Waals surface area contributed by atoms with Crippen molar-refractivity contribution in [2.75, 3.05) is 11.4 Å². The van der Waals surface area contributed by atoms with E-state index >= 15 is 0 Å². The van der Waals surface area contributed by atoms with Crippen LogP contribution in [-0.2, 0) is 9.59 Å². The predicted octanol–water partition coefficient (Wildman–Crippen LogP) is -0.211. The fourth-order valence-electron chi connectivity index (χ4n) is 1.12. The Bertz CT molecular complexity index is 334. The molecule has 0 aliphatic carbocycles. The summed E-state index contributed by atoms with van der Waals surface area (Å²) in [6.07, 6.45) is 0. The Balaban J connectivity index is 2.89. The van der Waals surface area contributed by atoms with E-state index < -0.39 is 12.5 Å². The van der Waals surface area contributed by atoms with Gasteiger partial charge in [0.1, 0.15) is 0 Å². The molecule has 1 amide bonds. The van der Waals surface area contributed by atoms with Crippen LogP contribution in [0.3, 0.4) is 0 Å². The number of amides is 1. The van der Waals surface area contributed by atoms with Crippen molar-refractivity contribution < 1.29 is 14.7 Å². The predicted molar refractivity (Wildman–Crippen MR) is 49.5 cm³/mol. The van der Waals surface area contributed by atoms with E-state index in [9.17, 15) is 14.7 Å². The van der Waals surface area contributed by atoms with Crippen molar-refractivity contribution >= 4 is 17.6 Å². The minimum Gasteiger partial charge on any atom is -0.548 e. The lowest BCUT2D eigenvalue weighted by atomic mass is 10.3. The van der Waals surface area contributed by atoms with Gasteiger partial charge in [0.05, 0.1) is 12.5 Å². The maximum absolute atomic E-state index is 11.1. The van der Waals surface area contributed by atoms with E-state index in [1.165, 1.54) is 6.92 Å². The molecule has 0 aliphatic heterocycles. The molecule has 1 rings (SSSR count). The third-order valence-electron chi connectivity index (χ3n) is 1.74. The van der Waals surface area contributed by atoms with E-state index in [-0.39, 0.29) is 5.91 Å². The molecule has 0 bridgehead atoms. The first kappa shape index (κ1) is 10.2. The lowest BCUT2D eigenvalue weighted by molar-refractivity contribution is -0.303. The monoisotopic (exact) mass is 192 g/mol. The molecule has 74 valence electrons. The van der Waals surface area contributed by atoms with Crippen molar-refractivity contribution in [2.45, 2.75) is 6.92 Å². The summed E-state index contributed by atoms with van der Waals surface area (Å²) in [4.78, 5) is 22.6. The molecule has 0 fully saturated rings. The summed E-state index contributed by atoms with van der Waals surface area (Å²) in [7, 11) is 0. The maximum Gasteiger partial charge on any atom is 0.224 e. The Hall–Kier alpha value is -1.84. The van der Waals surface area contributed by atoms with Gasteiger partial charge in [-0.15, -0.1) is 0 Å². The first-order valence-corrected chi connectivity index (χ1v) is 4.14. The van der Waals surface area contributed by atoms with Gasteiger partial charge in [-0.05, 0) is 12.1 Å². The van der Waals surface area contributed by atoms with Crippen LogP contribution in [0.1, 0.15) is 6.92 Å². The van der Waals surface area contributed by atoms with E-state index in [0.717, 1.165) is 4.90 Å². The molecule has 0 unspecified atom stereocenters. The SMILES string of the molecule is CC(=O)N(CC(=O)[O-])c1ccccc1. The number of carbonyl (C=O) groups excluding carboxylic acids is 2. The number of carboxylic acids is 1. The number of para-hydroxylation sites is 1. The van der Waals surface area contributed by atoms with Gasteiger partial charge in [-0.1, -0.05) is 18.2 Å². The fourth-order valence-corrected chi connectivity index (χ4v) is 1.12. The lowest BCUT2D eigenvalue weighted by Gasteiger charge is -2.21. The van der Waals surface area contributed by atoms with Gasteiger partial charge in [0, 0.05) is 12.6 Å². The third-order valence-corrected chi connectivity index (χ3v) is 1.74. The van der Waals surface area contributed by atoms with Crippen LogP contribution in [-0.4, -0.2) is 18.4 Å². The number of hydrogen-bond donors (Lipinski definition) is 0. The molecule has 0 N–H and O–H groups in total. The van der Waals surface area contributed by atoms with Crippen LogP contribution in [0.2, 0.25) is 0 Å². The zero-order chi connectivity index (χ0) is 10.6. The molecule has 4 heteroatoms. The molecule has 0 aromatic heterocycles. The molecule has 14 heavy (non-hydrogen) atoms. The number of benzene rings is 1. The van der Waals surface area contributed by atoms with Gasteiger partial charge in [0.2, 0.25) is 5.91 Å². The van der Waals surface area contributed by atoms with Crippen molar-refractivity contribution in [3.8, 4) is 0 Å². The molecule has 4 nitrogen and oxygen atoms in total.